The summed E-state index contributed by atoms with van der Waals surface area (Å²) in [5.41, 5.74) is 0.404. The van der Waals surface area contributed by atoms with Crippen molar-refractivity contribution in [2.45, 2.75) is 32.6 Å². The fraction of sp³-hybridized carbons (Fsp3) is 0.316. The van der Waals surface area contributed by atoms with E-state index in [2.05, 4.69) is 0 Å². The van der Waals surface area contributed by atoms with E-state index in [0.29, 0.717) is 11.1 Å². The number of carbonyl (C=O) groups excluding carboxylic acids is 1. The largest absolute Gasteiger partial charge is 0.291 e. The van der Waals surface area contributed by atoms with Crippen molar-refractivity contribution < 1.29 is 17.4 Å². The van der Waals surface area contributed by atoms with E-state index in [1.807, 2.05) is 6.07 Å². The van der Waals surface area contributed by atoms with Crippen LogP contribution in [0.4, 0.5) is 0 Å². The van der Waals surface area contributed by atoms with Crippen molar-refractivity contribution in [3.8, 4) is 0 Å². The summed E-state index contributed by atoms with van der Waals surface area (Å²) in [4.78, 5) is 12.7. The Morgan fingerprint density at radius 1 is 0.958 bits per heavy atom. The highest BCUT2D eigenvalue weighted by molar-refractivity contribution is 7.85. The van der Waals surface area contributed by atoms with Crippen LogP contribution in [-0.2, 0) is 20.1 Å². The van der Waals surface area contributed by atoms with Gasteiger partial charge in [0.15, 0.2) is 5.78 Å². The minimum atomic E-state index is -3.89. The molecule has 2 aromatic rings. The Morgan fingerprint density at radius 3 is 1.96 bits per heavy atom. The quantitative estimate of drug-likeness (QED) is 0.589. The first-order chi connectivity index (χ1) is 11.2. The van der Waals surface area contributed by atoms with Gasteiger partial charge in [-0.3, -0.25) is 8.98 Å². The topological polar surface area (TPSA) is 60.4 Å². The molecule has 128 valence electrons. The molecule has 0 bridgehead atoms. The highest BCUT2D eigenvalue weighted by Crippen LogP contribution is 2.28. The van der Waals surface area contributed by atoms with Crippen LogP contribution in [0.25, 0.3) is 0 Å². The molecule has 0 aliphatic heterocycles. The first-order valence-corrected chi connectivity index (χ1v) is 9.31. The van der Waals surface area contributed by atoms with Crippen molar-refractivity contribution in [1.82, 2.24) is 0 Å². The second kappa shape index (κ2) is 7.28. The van der Waals surface area contributed by atoms with Crippen LogP contribution in [0.1, 0.15) is 36.7 Å². The van der Waals surface area contributed by atoms with E-state index in [-0.39, 0.29) is 11.5 Å². The van der Waals surface area contributed by atoms with Crippen LogP contribution in [0.5, 0.6) is 0 Å². The van der Waals surface area contributed by atoms with E-state index in [1.54, 1.807) is 75.4 Å². The Kier molecular flexibility index (Phi) is 5.57. The van der Waals surface area contributed by atoms with E-state index in [9.17, 15) is 13.2 Å². The first kappa shape index (κ1) is 18.4. The highest BCUT2D eigenvalue weighted by atomic mass is 32.2. The molecule has 0 aliphatic rings. The maximum absolute atomic E-state index is 12.7. The van der Waals surface area contributed by atoms with Crippen molar-refractivity contribution in [3.63, 3.8) is 0 Å². The van der Waals surface area contributed by atoms with Crippen molar-refractivity contribution in [1.29, 1.82) is 0 Å². The lowest BCUT2D eigenvalue weighted by atomic mass is 9.84. The normalized spacial score (nSPS) is 13.5. The molecule has 0 spiro atoms. The van der Waals surface area contributed by atoms with Gasteiger partial charge < -0.3 is 0 Å². The van der Waals surface area contributed by atoms with Crippen LogP contribution < -0.4 is 0 Å². The molecule has 5 heteroatoms. The standard InChI is InChI=1S/C19H22O4S/c1-19(2,3)18(17(20)16-12-8-5-9-13-16)23-24(21,22)14-15-10-6-4-7-11-15/h4-13,18H,14H2,1-3H3. The number of ketones is 1. The summed E-state index contributed by atoms with van der Waals surface area (Å²) in [6, 6.07) is 17.4. The van der Waals surface area contributed by atoms with E-state index < -0.39 is 21.6 Å². The zero-order chi connectivity index (χ0) is 17.8. The van der Waals surface area contributed by atoms with Gasteiger partial charge in [0.25, 0.3) is 10.1 Å². The second-order valence-corrected chi connectivity index (χ2v) is 8.36. The number of carbonyl (C=O) groups is 1. The Bertz CT molecular complexity index is 775. The Hall–Kier alpha value is -1.98. The van der Waals surface area contributed by atoms with Gasteiger partial charge in [0.05, 0.1) is 0 Å². The Balaban J connectivity index is 2.25. The number of hydrogen-bond acceptors (Lipinski definition) is 4. The monoisotopic (exact) mass is 346 g/mol. The Morgan fingerprint density at radius 2 is 1.46 bits per heavy atom. The smallest absolute Gasteiger partial charge is 0.272 e. The lowest BCUT2D eigenvalue weighted by Gasteiger charge is -2.28. The number of hydrogen-bond donors (Lipinski definition) is 0. The molecule has 2 rings (SSSR count). The van der Waals surface area contributed by atoms with Gasteiger partial charge in [0.2, 0.25) is 0 Å². The van der Waals surface area contributed by atoms with Crippen LogP contribution in [-0.4, -0.2) is 20.3 Å². The Labute approximate surface area is 143 Å². The molecule has 24 heavy (non-hydrogen) atoms. The molecule has 4 nitrogen and oxygen atoms in total. The number of Topliss-reactive ketones (excluding diaryl/α,β-unsaturated/α-hetero) is 1. The second-order valence-electron chi connectivity index (χ2n) is 6.76. The summed E-state index contributed by atoms with van der Waals surface area (Å²) in [7, 11) is -3.89. The van der Waals surface area contributed by atoms with Crippen molar-refractivity contribution in [2.75, 3.05) is 0 Å². The lowest BCUT2D eigenvalue weighted by Crippen LogP contribution is -2.39. The van der Waals surface area contributed by atoms with Gasteiger partial charge in [0.1, 0.15) is 11.9 Å². The molecule has 1 atom stereocenters. The van der Waals surface area contributed by atoms with Crippen molar-refractivity contribution in [2.24, 2.45) is 5.41 Å². The lowest BCUT2D eigenvalue weighted by molar-refractivity contribution is 0.0561. The van der Waals surface area contributed by atoms with Gasteiger partial charge in [-0.15, -0.1) is 0 Å². The van der Waals surface area contributed by atoms with E-state index in [1.165, 1.54) is 0 Å². The predicted octanol–water partition coefficient (Wildman–Crippen LogP) is 3.83. The third kappa shape index (κ3) is 5.01. The molecule has 0 radical (unpaired) electrons. The molecule has 0 saturated carbocycles. The molecule has 0 fully saturated rings. The average molecular weight is 346 g/mol. The van der Waals surface area contributed by atoms with Gasteiger partial charge in [-0.05, 0) is 11.0 Å². The molecule has 0 N–H and O–H groups in total. The molecule has 0 heterocycles. The van der Waals surface area contributed by atoms with E-state index >= 15 is 0 Å². The van der Waals surface area contributed by atoms with Crippen LogP contribution in [0, 0.1) is 5.41 Å². The zero-order valence-electron chi connectivity index (χ0n) is 14.1. The molecule has 2 aromatic carbocycles. The summed E-state index contributed by atoms with van der Waals surface area (Å²) in [6.45, 7) is 5.36. The molecule has 0 saturated heterocycles. The maximum atomic E-state index is 12.7. The minimum Gasteiger partial charge on any atom is -0.291 e. The molecular formula is C19H22O4S. The minimum absolute atomic E-state index is 0.261. The average Bonchev–Trinajstić information content (AvgIpc) is 2.52. The molecule has 0 aliphatic carbocycles. The van der Waals surface area contributed by atoms with Crippen molar-refractivity contribution >= 4 is 15.9 Å². The van der Waals surface area contributed by atoms with Gasteiger partial charge in [-0.2, -0.15) is 8.42 Å². The molecule has 0 aromatic heterocycles. The van der Waals surface area contributed by atoms with Gasteiger partial charge in [0, 0.05) is 5.56 Å². The molecule has 0 amide bonds. The van der Waals surface area contributed by atoms with E-state index in [0.717, 1.165) is 0 Å². The molecule has 1 unspecified atom stereocenters. The van der Waals surface area contributed by atoms with Gasteiger partial charge in [-0.1, -0.05) is 81.4 Å². The zero-order valence-corrected chi connectivity index (χ0v) is 14.9. The number of benzene rings is 2. The first-order valence-electron chi connectivity index (χ1n) is 7.73. The number of rotatable bonds is 6. The van der Waals surface area contributed by atoms with Crippen LogP contribution in [0.15, 0.2) is 60.7 Å². The fourth-order valence-corrected chi connectivity index (χ4v) is 3.63. The van der Waals surface area contributed by atoms with Gasteiger partial charge >= 0.3 is 0 Å². The summed E-state index contributed by atoms with van der Waals surface area (Å²) in [5, 5.41) is 0. The highest BCUT2D eigenvalue weighted by Gasteiger charge is 2.36. The van der Waals surface area contributed by atoms with Gasteiger partial charge in [-0.25, -0.2) is 0 Å². The predicted molar refractivity (Wildman–Crippen MR) is 94.2 cm³/mol. The third-order valence-electron chi connectivity index (χ3n) is 3.51. The fourth-order valence-electron chi connectivity index (χ4n) is 2.29. The van der Waals surface area contributed by atoms with Crippen molar-refractivity contribution in [3.05, 3.63) is 71.8 Å². The van der Waals surface area contributed by atoms with Crippen LogP contribution in [0.2, 0.25) is 0 Å². The summed E-state index contributed by atoms with van der Waals surface area (Å²) in [6.07, 6.45) is -1.08. The summed E-state index contributed by atoms with van der Waals surface area (Å²) in [5.74, 6) is -0.595. The third-order valence-corrected chi connectivity index (χ3v) is 4.68. The molecular weight excluding hydrogens is 324 g/mol. The van der Waals surface area contributed by atoms with Crippen LogP contribution >= 0.6 is 0 Å². The summed E-state index contributed by atoms with van der Waals surface area (Å²) >= 11 is 0. The summed E-state index contributed by atoms with van der Waals surface area (Å²) < 4.78 is 30.2. The van der Waals surface area contributed by atoms with Crippen LogP contribution in [0.3, 0.4) is 0 Å². The SMILES string of the molecule is CC(C)(C)C(OS(=O)(=O)Cc1ccccc1)C(=O)c1ccccc1. The van der Waals surface area contributed by atoms with E-state index in [4.69, 9.17) is 4.18 Å². The maximum Gasteiger partial charge on any atom is 0.272 e.